The van der Waals surface area contributed by atoms with E-state index in [2.05, 4.69) is 19.2 Å². The summed E-state index contributed by atoms with van der Waals surface area (Å²) >= 11 is 0. The Balaban J connectivity index is 1.62. The molecule has 1 fully saturated rings. The summed E-state index contributed by atoms with van der Waals surface area (Å²) in [6.07, 6.45) is 0.257. The molecule has 0 saturated carbocycles. The summed E-state index contributed by atoms with van der Waals surface area (Å²) in [6.45, 7) is 11.0. The van der Waals surface area contributed by atoms with Crippen LogP contribution in [-0.2, 0) is 5.41 Å². The number of piperidine rings is 1. The van der Waals surface area contributed by atoms with Crippen molar-refractivity contribution in [1.82, 2.24) is 10.2 Å². The number of hydrogen-bond acceptors (Lipinski definition) is 4. The number of urea groups is 1. The lowest BCUT2D eigenvalue weighted by Crippen LogP contribution is -2.54. The molecule has 3 rings (SSSR count). The van der Waals surface area contributed by atoms with Crippen molar-refractivity contribution in [2.75, 3.05) is 32.8 Å². The zero-order chi connectivity index (χ0) is 18.9. The van der Waals surface area contributed by atoms with Gasteiger partial charge in [-0.15, -0.1) is 0 Å². The van der Waals surface area contributed by atoms with E-state index in [1.54, 1.807) is 4.90 Å². The van der Waals surface area contributed by atoms with Crippen molar-refractivity contribution in [3.05, 3.63) is 23.8 Å². The molecule has 1 aromatic rings. The van der Waals surface area contributed by atoms with Crippen molar-refractivity contribution >= 4 is 6.03 Å². The molecule has 1 saturated heterocycles. The van der Waals surface area contributed by atoms with E-state index >= 15 is 0 Å². The van der Waals surface area contributed by atoms with Gasteiger partial charge in [0.05, 0.1) is 6.10 Å². The molecule has 6 nitrogen and oxygen atoms in total. The highest BCUT2D eigenvalue weighted by Gasteiger charge is 2.36. The highest BCUT2D eigenvalue weighted by Crippen LogP contribution is 2.35. The Morgan fingerprint density at radius 1 is 1.31 bits per heavy atom. The number of nitrogens with zero attached hydrogens (tertiary/aromatic N) is 1. The van der Waals surface area contributed by atoms with E-state index in [-0.39, 0.29) is 23.0 Å². The van der Waals surface area contributed by atoms with E-state index in [0.29, 0.717) is 39.3 Å². The molecule has 2 N–H and O–H groups in total. The zero-order valence-corrected chi connectivity index (χ0v) is 16.2. The normalized spacial score (nSPS) is 22.0. The van der Waals surface area contributed by atoms with Crippen LogP contribution in [0.4, 0.5) is 4.79 Å². The average molecular weight is 362 g/mol. The lowest BCUT2D eigenvalue weighted by atomic mass is 9.81. The molecular formula is C20H30N2O4. The van der Waals surface area contributed by atoms with Crippen LogP contribution in [0.3, 0.4) is 0 Å². The zero-order valence-electron chi connectivity index (χ0n) is 16.2. The number of ether oxygens (including phenoxy) is 2. The minimum atomic E-state index is -0.360. The molecule has 2 heterocycles. The Morgan fingerprint density at radius 2 is 2.00 bits per heavy atom. The molecule has 2 aliphatic heterocycles. The number of carbonyl (C=O) groups is 1. The third kappa shape index (κ3) is 3.90. The van der Waals surface area contributed by atoms with Crippen LogP contribution < -0.4 is 14.8 Å². The highest BCUT2D eigenvalue weighted by molar-refractivity contribution is 5.74. The number of hydrogen-bond donors (Lipinski definition) is 2. The van der Waals surface area contributed by atoms with Gasteiger partial charge in [0.2, 0.25) is 0 Å². The quantitative estimate of drug-likeness (QED) is 0.867. The fourth-order valence-electron chi connectivity index (χ4n) is 3.49. The molecule has 1 aromatic carbocycles. The van der Waals surface area contributed by atoms with Gasteiger partial charge < -0.3 is 24.8 Å². The maximum Gasteiger partial charge on any atom is 0.317 e. The van der Waals surface area contributed by atoms with Crippen LogP contribution in [0.1, 0.15) is 39.7 Å². The van der Waals surface area contributed by atoms with Crippen LogP contribution in [0, 0.1) is 5.41 Å². The summed E-state index contributed by atoms with van der Waals surface area (Å²) < 4.78 is 11.2. The van der Waals surface area contributed by atoms with Crippen molar-refractivity contribution in [3.63, 3.8) is 0 Å². The molecule has 0 spiro atoms. The van der Waals surface area contributed by atoms with Crippen molar-refractivity contribution in [2.24, 2.45) is 5.41 Å². The van der Waals surface area contributed by atoms with Gasteiger partial charge >= 0.3 is 6.03 Å². The fourth-order valence-corrected chi connectivity index (χ4v) is 3.49. The number of likely N-dealkylation sites (tertiary alicyclic amines) is 1. The predicted molar refractivity (Wildman–Crippen MR) is 99.8 cm³/mol. The smallest absolute Gasteiger partial charge is 0.317 e. The fraction of sp³-hybridized carbons (Fsp3) is 0.650. The van der Waals surface area contributed by atoms with E-state index < -0.39 is 0 Å². The molecule has 6 heteroatoms. The first-order chi connectivity index (χ1) is 12.2. The van der Waals surface area contributed by atoms with Crippen LogP contribution in [0.2, 0.25) is 0 Å². The molecule has 1 unspecified atom stereocenters. The number of aliphatic hydroxyl groups is 1. The Kier molecular flexibility index (Phi) is 5.06. The van der Waals surface area contributed by atoms with Gasteiger partial charge in [0.15, 0.2) is 11.5 Å². The third-order valence-corrected chi connectivity index (χ3v) is 5.47. The molecule has 2 amide bonds. The van der Waals surface area contributed by atoms with Crippen molar-refractivity contribution in [3.8, 4) is 11.5 Å². The van der Waals surface area contributed by atoms with Crippen LogP contribution in [0.25, 0.3) is 0 Å². The molecule has 2 aliphatic rings. The average Bonchev–Trinajstić information content (AvgIpc) is 2.61. The Bertz CT molecular complexity index is 672. The third-order valence-electron chi connectivity index (χ3n) is 5.47. The van der Waals surface area contributed by atoms with E-state index in [1.807, 2.05) is 32.0 Å². The Morgan fingerprint density at radius 3 is 2.69 bits per heavy atom. The second-order valence-corrected chi connectivity index (χ2v) is 8.62. The van der Waals surface area contributed by atoms with Gasteiger partial charge in [-0.2, -0.15) is 0 Å². The number of nitrogens with one attached hydrogen (secondary N) is 1. The molecular weight excluding hydrogens is 332 g/mol. The summed E-state index contributed by atoms with van der Waals surface area (Å²) in [5, 5.41) is 13.1. The van der Waals surface area contributed by atoms with Crippen LogP contribution in [0.15, 0.2) is 18.2 Å². The number of aliphatic hydroxyl groups excluding tert-OH is 1. The molecule has 0 aromatic heterocycles. The van der Waals surface area contributed by atoms with Gasteiger partial charge in [-0.25, -0.2) is 4.79 Å². The largest absolute Gasteiger partial charge is 0.486 e. The van der Waals surface area contributed by atoms with Crippen LogP contribution in [0.5, 0.6) is 11.5 Å². The molecule has 1 atom stereocenters. The van der Waals surface area contributed by atoms with Gasteiger partial charge in [-0.3, -0.25) is 0 Å². The van der Waals surface area contributed by atoms with Gasteiger partial charge in [-0.05, 0) is 24.1 Å². The van der Waals surface area contributed by atoms with Crippen molar-refractivity contribution in [1.29, 1.82) is 0 Å². The number of benzene rings is 1. The summed E-state index contributed by atoms with van der Waals surface area (Å²) in [6, 6.07) is 5.89. The SMILES string of the molecule is CC(C)(CNC(=O)N1CCC(O)C(C)(C)C1)c1ccc2c(c1)OCCO2. The first-order valence-electron chi connectivity index (χ1n) is 9.30. The molecule has 26 heavy (non-hydrogen) atoms. The van der Waals surface area contributed by atoms with E-state index in [9.17, 15) is 9.90 Å². The second-order valence-electron chi connectivity index (χ2n) is 8.62. The highest BCUT2D eigenvalue weighted by atomic mass is 16.6. The van der Waals surface area contributed by atoms with Crippen LogP contribution >= 0.6 is 0 Å². The number of amides is 2. The van der Waals surface area contributed by atoms with E-state index in [0.717, 1.165) is 17.1 Å². The molecule has 0 aliphatic carbocycles. The Labute approximate surface area is 155 Å². The van der Waals surface area contributed by atoms with Gasteiger partial charge in [-0.1, -0.05) is 33.8 Å². The van der Waals surface area contributed by atoms with Gasteiger partial charge in [0.1, 0.15) is 13.2 Å². The summed E-state index contributed by atoms with van der Waals surface area (Å²) in [4.78, 5) is 14.4. The minimum absolute atomic E-state index is 0.0735. The predicted octanol–water partition coefficient (Wildman–Crippen LogP) is 2.54. The number of fused-ring (bicyclic) bond motifs is 1. The second kappa shape index (κ2) is 6.99. The lowest BCUT2D eigenvalue weighted by molar-refractivity contribution is -0.0115. The molecule has 0 radical (unpaired) electrons. The standard InChI is InChI=1S/C20H30N2O4/c1-19(2,14-5-6-15-16(11-14)26-10-9-25-15)12-21-18(24)22-8-7-17(23)20(3,4)13-22/h5-6,11,17,23H,7-10,12-13H2,1-4H3,(H,21,24). The van der Waals surface area contributed by atoms with Gasteiger partial charge in [0.25, 0.3) is 0 Å². The van der Waals surface area contributed by atoms with E-state index in [1.165, 1.54) is 0 Å². The van der Waals surface area contributed by atoms with Crippen molar-refractivity contribution < 1.29 is 19.4 Å². The van der Waals surface area contributed by atoms with Gasteiger partial charge in [0, 0.05) is 30.5 Å². The topological polar surface area (TPSA) is 71.0 Å². The first kappa shape index (κ1) is 18.8. The number of rotatable bonds is 3. The Hall–Kier alpha value is -1.95. The minimum Gasteiger partial charge on any atom is -0.486 e. The molecule has 144 valence electrons. The molecule has 0 bridgehead atoms. The first-order valence-corrected chi connectivity index (χ1v) is 9.30. The van der Waals surface area contributed by atoms with E-state index in [4.69, 9.17) is 9.47 Å². The summed E-state index contributed by atoms with van der Waals surface area (Å²) in [7, 11) is 0. The van der Waals surface area contributed by atoms with Crippen LogP contribution in [-0.4, -0.2) is 55.0 Å². The maximum absolute atomic E-state index is 12.6. The maximum atomic E-state index is 12.6. The van der Waals surface area contributed by atoms with Crippen molar-refractivity contribution in [2.45, 2.75) is 45.6 Å². The summed E-state index contributed by atoms with van der Waals surface area (Å²) in [5.41, 5.74) is 0.577. The summed E-state index contributed by atoms with van der Waals surface area (Å²) in [5.74, 6) is 1.54. The lowest BCUT2D eigenvalue weighted by Gasteiger charge is -2.42. The number of carbonyl (C=O) groups excluding carboxylic acids is 1. The monoisotopic (exact) mass is 362 g/mol.